The maximum atomic E-state index is 5.46. The third kappa shape index (κ3) is 7.64. The number of rotatable bonds is 9. The van der Waals surface area contributed by atoms with Gasteiger partial charge in [0, 0.05) is 44.2 Å². The zero-order chi connectivity index (χ0) is 44.5. The second-order valence-corrected chi connectivity index (χ2v) is 16.7. The molecule has 314 valence electrons. The van der Waals surface area contributed by atoms with E-state index in [0.717, 1.165) is 106 Å². The Morgan fingerprint density at radius 3 is 1.01 bits per heavy atom. The summed E-state index contributed by atoms with van der Waals surface area (Å²) in [6, 6.07) is 86.9. The van der Waals surface area contributed by atoms with Gasteiger partial charge in [-0.3, -0.25) is 0 Å². The molecule has 0 radical (unpaired) electrons. The first-order chi connectivity index (χ1) is 33.2. The molecule has 0 N–H and O–H groups in total. The van der Waals surface area contributed by atoms with Gasteiger partial charge in [0.15, 0.2) is 11.6 Å². The van der Waals surface area contributed by atoms with E-state index in [1.54, 1.807) is 0 Å². The van der Waals surface area contributed by atoms with E-state index in [-0.39, 0.29) is 0 Å². The van der Waals surface area contributed by atoms with Gasteiger partial charge in [-0.25, -0.2) is 19.9 Å². The third-order valence-electron chi connectivity index (χ3n) is 12.4. The van der Waals surface area contributed by atoms with Crippen LogP contribution >= 0.6 is 0 Å². The van der Waals surface area contributed by atoms with Crippen LogP contribution in [0.5, 0.6) is 0 Å². The van der Waals surface area contributed by atoms with Crippen LogP contribution in [0.3, 0.4) is 0 Å². The van der Waals surface area contributed by atoms with E-state index in [1.807, 2.05) is 60.7 Å². The first-order valence-electron chi connectivity index (χ1n) is 22.5. The maximum absolute atomic E-state index is 5.46. The Bertz CT molecular complexity index is 3490. The van der Waals surface area contributed by atoms with Crippen molar-refractivity contribution in [2.24, 2.45) is 0 Å². The zero-order valence-electron chi connectivity index (χ0n) is 36.4. The molecule has 0 amide bonds. The number of hydrogen-bond donors (Lipinski definition) is 0. The summed E-state index contributed by atoms with van der Waals surface area (Å²) in [7, 11) is 0. The van der Waals surface area contributed by atoms with Gasteiger partial charge in [0.2, 0.25) is 0 Å². The van der Waals surface area contributed by atoms with Gasteiger partial charge in [0.05, 0.1) is 39.5 Å². The lowest BCUT2D eigenvalue weighted by Gasteiger charge is -2.18. The van der Waals surface area contributed by atoms with Crippen molar-refractivity contribution >= 4 is 21.8 Å². The van der Waals surface area contributed by atoms with Crippen LogP contribution in [-0.4, -0.2) is 24.5 Å². The molecule has 0 saturated carbocycles. The van der Waals surface area contributed by atoms with Crippen molar-refractivity contribution in [1.82, 2.24) is 24.5 Å². The van der Waals surface area contributed by atoms with Gasteiger partial charge >= 0.3 is 0 Å². The standard InChI is InChI=1S/C62H41N5/c1-7-19-42(20-8-1)48-31-34-51-52-35-32-49(43-21-9-2-10-22-43)39-60(52)67(59(51)38-48)58-36-33-50(62-64-54(44-23-11-3-12-24-44)40-55(65-62)45-25-13-4-14-26-45)37-53(58)57-41-56(46-27-15-5-16-28-46)63-61(66-57)47-29-17-6-18-30-47/h1-41H. The summed E-state index contributed by atoms with van der Waals surface area (Å²) in [5, 5.41) is 2.32. The smallest absolute Gasteiger partial charge is 0.160 e. The fraction of sp³-hybridized carbons (Fsp3) is 0. The lowest BCUT2D eigenvalue weighted by molar-refractivity contribution is 1.14. The average molecular weight is 856 g/mol. The van der Waals surface area contributed by atoms with E-state index in [2.05, 4.69) is 193 Å². The second kappa shape index (κ2) is 17.1. The molecule has 0 unspecified atom stereocenters. The summed E-state index contributed by atoms with van der Waals surface area (Å²) in [4.78, 5) is 21.3. The van der Waals surface area contributed by atoms with E-state index in [9.17, 15) is 0 Å². The van der Waals surface area contributed by atoms with Gasteiger partial charge in [-0.1, -0.05) is 206 Å². The van der Waals surface area contributed by atoms with E-state index in [0.29, 0.717) is 11.6 Å². The highest BCUT2D eigenvalue weighted by atomic mass is 15.0. The van der Waals surface area contributed by atoms with Crippen molar-refractivity contribution in [2.75, 3.05) is 0 Å². The molecule has 0 aliphatic rings. The SMILES string of the molecule is c1ccc(-c2ccc3c4ccc(-c5ccccc5)cc4n(-c4ccc(-c5nc(-c6ccccc6)cc(-c6ccccc6)n5)cc4-c4cc(-c5ccccc5)nc(-c5ccccc5)n4)c3c2)cc1. The molecule has 0 aliphatic heterocycles. The molecule has 0 aliphatic carbocycles. The molecule has 3 aromatic heterocycles. The van der Waals surface area contributed by atoms with Crippen LogP contribution in [0.15, 0.2) is 249 Å². The monoisotopic (exact) mass is 855 g/mol. The van der Waals surface area contributed by atoms with Crippen molar-refractivity contribution in [2.45, 2.75) is 0 Å². The predicted octanol–water partition coefficient (Wildman–Crippen LogP) is 15.7. The van der Waals surface area contributed by atoms with Crippen LogP contribution in [0.1, 0.15) is 0 Å². The van der Waals surface area contributed by atoms with Gasteiger partial charge in [-0.05, 0) is 64.7 Å². The van der Waals surface area contributed by atoms with Crippen molar-refractivity contribution in [3.63, 3.8) is 0 Å². The Labute approximate surface area is 389 Å². The molecule has 0 spiro atoms. The topological polar surface area (TPSA) is 56.5 Å². The number of hydrogen-bond acceptors (Lipinski definition) is 4. The minimum Gasteiger partial charge on any atom is -0.309 e. The Morgan fingerprint density at radius 1 is 0.239 bits per heavy atom. The second-order valence-electron chi connectivity index (χ2n) is 16.7. The van der Waals surface area contributed by atoms with Crippen molar-refractivity contribution in [3.8, 4) is 95.7 Å². The van der Waals surface area contributed by atoms with Crippen LogP contribution in [-0.2, 0) is 0 Å². The molecule has 12 aromatic rings. The van der Waals surface area contributed by atoms with Gasteiger partial charge in [-0.2, -0.15) is 0 Å². The highest BCUT2D eigenvalue weighted by Gasteiger charge is 2.22. The highest BCUT2D eigenvalue weighted by Crippen LogP contribution is 2.42. The normalized spacial score (nSPS) is 11.3. The number of benzene rings is 9. The molecule has 5 nitrogen and oxygen atoms in total. The Balaban J connectivity index is 1.17. The van der Waals surface area contributed by atoms with E-state index < -0.39 is 0 Å². The molecule has 12 rings (SSSR count). The first-order valence-corrected chi connectivity index (χ1v) is 22.5. The van der Waals surface area contributed by atoms with E-state index in [1.165, 1.54) is 0 Å². The Kier molecular flexibility index (Phi) is 10.1. The number of aromatic nitrogens is 5. The lowest BCUT2D eigenvalue weighted by atomic mass is 10.0. The first kappa shape index (κ1) is 39.5. The van der Waals surface area contributed by atoms with Gasteiger partial charge in [0.25, 0.3) is 0 Å². The predicted molar refractivity (Wildman–Crippen MR) is 275 cm³/mol. The summed E-state index contributed by atoms with van der Waals surface area (Å²) in [5.41, 5.74) is 16.8. The molecule has 0 bridgehead atoms. The summed E-state index contributed by atoms with van der Waals surface area (Å²) >= 11 is 0. The van der Waals surface area contributed by atoms with Crippen molar-refractivity contribution in [3.05, 3.63) is 249 Å². The minimum absolute atomic E-state index is 0.619. The van der Waals surface area contributed by atoms with Crippen LogP contribution in [0.25, 0.3) is 118 Å². The molecule has 0 fully saturated rings. The minimum atomic E-state index is 0.619. The summed E-state index contributed by atoms with van der Waals surface area (Å²) in [5.74, 6) is 1.26. The van der Waals surface area contributed by atoms with E-state index >= 15 is 0 Å². The van der Waals surface area contributed by atoms with Crippen molar-refractivity contribution < 1.29 is 0 Å². The maximum Gasteiger partial charge on any atom is 0.160 e. The van der Waals surface area contributed by atoms with Crippen LogP contribution in [0.4, 0.5) is 0 Å². The Morgan fingerprint density at radius 2 is 0.582 bits per heavy atom. The van der Waals surface area contributed by atoms with Crippen LogP contribution < -0.4 is 0 Å². The summed E-state index contributed by atoms with van der Waals surface area (Å²) in [6.07, 6.45) is 0. The molecular formula is C62H41N5. The number of nitrogens with zero attached hydrogens (tertiary/aromatic N) is 5. The zero-order valence-corrected chi connectivity index (χ0v) is 36.4. The molecule has 5 heteroatoms. The van der Waals surface area contributed by atoms with Gasteiger partial charge in [0.1, 0.15) is 0 Å². The fourth-order valence-corrected chi connectivity index (χ4v) is 9.12. The molecule has 0 saturated heterocycles. The van der Waals surface area contributed by atoms with Crippen LogP contribution in [0.2, 0.25) is 0 Å². The molecule has 9 aromatic carbocycles. The quantitative estimate of drug-likeness (QED) is 0.145. The van der Waals surface area contributed by atoms with Gasteiger partial charge < -0.3 is 4.57 Å². The molecule has 67 heavy (non-hydrogen) atoms. The molecule has 3 heterocycles. The average Bonchev–Trinajstić information content (AvgIpc) is 3.74. The summed E-state index contributed by atoms with van der Waals surface area (Å²) < 4.78 is 2.42. The molecular weight excluding hydrogens is 815 g/mol. The highest BCUT2D eigenvalue weighted by molar-refractivity contribution is 6.11. The number of fused-ring (bicyclic) bond motifs is 3. The lowest BCUT2D eigenvalue weighted by Crippen LogP contribution is -2.02. The Hall–Kier alpha value is -9.06. The molecule has 0 atom stereocenters. The third-order valence-corrected chi connectivity index (χ3v) is 12.4. The summed E-state index contributed by atoms with van der Waals surface area (Å²) in [6.45, 7) is 0. The fourth-order valence-electron chi connectivity index (χ4n) is 9.12. The van der Waals surface area contributed by atoms with E-state index in [4.69, 9.17) is 19.9 Å². The van der Waals surface area contributed by atoms with Gasteiger partial charge in [-0.15, -0.1) is 0 Å². The van der Waals surface area contributed by atoms with Crippen molar-refractivity contribution in [1.29, 1.82) is 0 Å². The largest absolute Gasteiger partial charge is 0.309 e. The van der Waals surface area contributed by atoms with Crippen LogP contribution in [0, 0.1) is 0 Å².